The molecule has 0 aliphatic carbocycles. The highest BCUT2D eigenvalue weighted by molar-refractivity contribution is 7.91. The fourth-order valence-electron chi connectivity index (χ4n) is 2.29. The molecule has 0 bridgehead atoms. The maximum Gasteiger partial charge on any atom is 0.195 e. The van der Waals surface area contributed by atoms with E-state index in [0.717, 1.165) is 12.2 Å². The molecule has 1 saturated heterocycles. The molecule has 0 aromatic carbocycles. The second-order valence-corrected chi connectivity index (χ2v) is 7.04. The smallest absolute Gasteiger partial charge is 0.195 e. The Balaban J connectivity index is 2.52. The molecule has 0 saturated carbocycles. The summed E-state index contributed by atoms with van der Waals surface area (Å²) in [5, 5.41) is 6.86. The van der Waals surface area contributed by atoms with E-state index in [2.05, 4.69) is 10.2 Å². The van der Waals surface area contributed by atoms with Gasteiger partial charge in [0.15, 0.2) is 14.6 Å². The summed E-state index contributed by atoms with van der Waals surface area (Å²) in [7, 11) is -2.93. The molecule has 0 amide bonds. The molecule has 2 heterocycles. The first-order valence-corrected chi connectivity index (χ1v) is 7.48. The Kier molecular flexibility index (Phi) is 2.70. The van der Waals surface area contributed by atoms with E-state index in [0.29, 0.717) is 11.2 Å². The predicted octanol–water partition coefficient (Wildman–Crippen LogP) is 1.04. The average molecular weight is 261 g/mol. The van der Waals surface area contributed by atoms with Crippen LogP contribution in [-0.4, -0.2) is 34.7 Å². The minimum absolute atomic E-state index is 0.154. The number of rotatable bonds is 2. The van der Waals surface area contributed by atoms with E-state index in [1.165, 1.54) is 0 Å². The van der Waals surface area contributed by atoms with Crippen LogP contribution in [0.25, 0.3) is 0 Å². The van der Waals surface area contributed by atoms with Gasteiger partial charge in [-0.3, -0.25) is 9.67 Å². The summed E-state index contributed by atoms with van der Waals surface area (Å²) < 4.78 is 25.5. The number of nitrogens with zero attached hydrogens (tertiary/aromatic N) is 2. The molecule has 7 heteroatoms. The van der Waals surface area contributed by atoms with Crippen LogP contribution in [0.5, 0.6) is 0 Å². The lowest BCUT2D eigenvalue weighted by molar-refractivity contribution is 0.349. The summed E-state index contributed by atoms with van der Waals surface area (Å²) in [6.07, 6.45) is 1.35. The third kappa shape index (κ3) is 1.82. The van der Waals surface area contributed by atoms with Gasteiger partial charge in [-0.25, -0.2) is 8.42 Å². The Morgan fingerprint density at radius 3 is 2.81 bits per heavy atom. The number of aryl methyl sites for hydroxylation is 1. The number of aromatic amines is 1. The van der Waals surface area contributed by atoms with E-state index in [-0.39, 0.29) is 11.5 Å². The first-order chi connectivity index (χ1) is 7.38. The summed E-state index contributed by atoms with van der Waals surface area (Å²) in [6.45, 7) is 3.91. The maximum atomic E-state index is 11.6. The summed E-state index contributed by atoms with van der Waals surface area (Å²) in [4.78, 5) is 0. The molecular weight excluding hydrogens is 246 g/mol. The molecule has 5 nitrogen and oxygen atoms in total. The topological polar surface area (TPSA) is 67.8 Å². The Hall–Kier alpha value is -0.690. The summed E-state index contributed by atoms with van der Waals surface area (Å²) in [5.41, 5.74) is -0.436. The van der Waals surface area contributed by atoms with Crippen LogP contribution >= 0.6 is 12.2 Å². The van der Waals surface area contributed by atoms with E-state index in [9.17, 15) is 8.42 Å². The molecule has 1 atom stereocenters. The van der Waals surface area contributed by atoms with Gasteiger partial charge in [0.05, 0.1) is 17.0 Å². The minimum Gasteiger partial charge on any atom is -0.297 e. The third-order valence-corrected chi connectivity index (χ3v) is 5.24. The molecule has 1 N–H and O–H groups in total. The quantitative estimate of drug-likeness (QED) is 0.808. The van der Waals surface area contributed by atoms with Gasteiger partial charge in [0, 0.05) is 6.42 Å². The number of nitrogens with one attached hydrogen (secondary N) is 1. The van der Waals surface area contributed by atoms with Crippen LogP contribution in [0.15, 0.2) is 0 Å². The van der Waals surface area contributed by atoms with Crippen LogP contribution in [0, 0.1) is 4.77 Å². The summed E-state index contributed by atoms with van der Waals surface area (Å²) in [6, 6.07) is 0. The second-order valence-electron chi connectivity index (χ2n) is 4.47. The van der Waals surface area contributed by atoms with Gasteiger partial charge >= 0.3 is 0 Å². The molecule has 0 spiro atoms. The van der Waals surface area contributed by atoms with Gasteiger partial charge in [0.2, 0.25) is 0 Å². The van der Waals surface area contributed by atoms with Crippen molar-refractivity contribution in [2.24, 2.45) is 0 Å². The fourth-order valence-corrected chi connectivity index (χ4v) is 4.78. The first kappa shape index (κ1) is 11.8. The monoisotopic (exact) mass is 261 g/mol. The SMILES string of the molecule is CCc1n[nH]c(=S)n1C1(C)CCS(=O)(=O)C1. The van der Waals surface area contributed by atoms with Crippen molar-refractivity contribution in [3.8, 4) is 0 Å². The van der Waals surface area contributed by atoms with Crippen molar-refractivity contribution in [1.82, 2.24) is 14.8 Å². The van der Waals surface area contributed by atoms with Crippen LogP contribution in [0.4, 0.5) is 0 Å². The maximum absolute atomic E-state index is 11.6. The van der Waals surface area contributed by atoms with Crippen molar-refractivity contribution >= 4 is 22.1 Å². The molecule has 0 radical (unpaired) electrons. The average Bonchev–Trinajstić information content (AvgIpc) is 2.68. The molecule has 1 fully saturated rings. The summed E-state index contributed by atoms with van der Waals surface area (Å²) in [5.74, 6) is 1.21. The Morgan fingerprint density at radius 2 is 2.31 bits per heavy atom. The standard InChI is InChI=1S/C9H15N3O2S2/c1-3-7-10-11-8(15)12(7)9(2)4-5-16(13,14)6-9/h3-6H2,1-2H3,(H,11,15). The number of hydrogen-bond donors (Lipinski definition) is 1. The fraction of sp³-hybridized carbons (Fsp3) is 0.778. The van der Waals surface area contributed by atoms with Gasteiger partial charge in [-0.05, 0) is 25.6 Å². The molecule has 2 rings (SSSR count). The highest BCUT2D eigenvalue weighted by Crippen LogP contribution is 2.31. The predicted molar refractivity (Wildman–Crippen MR) is 63.7 cm³/mol. The molecule has 16 heavy (non-hydrogen) atoms. The van der Waals surface area contributed by atoms with Crippen molar-refractivity contribution in [2.75, 3.05) is 11.5 Å². The lowest BCUT2D eigenvalue weighted by Gasteiger charge is -2.25. The van der Waals surface area contributed by atoms with E-state index in [1.807, 2.05) is 18.4 Å². The van der Waals surface area contributed by atoms with Gasteiger partial charge in [-0.2, -0.15) is 5.10 Å². The highest BCUT2D eigenvalue weighted by atomic mass is 32.2. The zero-order chi connectivity index (χ0) is 12.0. The molecular formula is C9H15N3O2S2. The number of H-pyrrole nitrogens is 1. The van der Waals surface area contributed by atoms with Crippen molar-refractivity contribution in [3.05, 3.63) is 10.6 Å². The van der Waals surface area contributed by atoms with Gasteiger partial charge in [-0.1, -0.05) is 6.92 Å². The van der Waals surface area contributed by atoms with Crippen molar-refractivity contribution in [2.45, 2.75) is 32.2 Å². The largest absolute Gasteiger partial charge is 0.297 e. The zero-order valence-electron chi connectivity index (χ0n) is 9.36. The lowest BCUT2D eigenvalue weighted by Crippen LogP contribution is -2.33. The highest BCUT2D eigenvalue weighted by Gasteiger charge is 2.41. The Bertz CT molecular complexity index is 558. The van der Waals surface area contributed by atoms with Crippen molar-refractivity contribution < 1.29 is 8.42 Å². The lowest BCUT2D eigenvalue weighted by atomic mass is 10.0. The van der Waals surface area contributed by atoms with E-state index < -0.39 is 15.4 Å². The molecule has 1 aliphatic rings. The van der Waals surface area contributed by atoms with Gasteiger partial charge in [-0.15, -0.1) is 0 Å². The second kappa shape index (κ2) is 3.66. The molecule has 1 aliphatic heterocycles. The van der Waals surface area contributed by atoms with Crippen molar-refractivity contribution in [1.29, 1.82) is 0 Å². The number of hydrogen-bond acceptors (Lipinski definition) is 4. The zero-order valence-corrected chi connectivity index (χ0v) is 11.0. The molecule has 1 aromatic heterocycles. The van der Waals surface area contributed by atoms with E-state index in [1.54, 1.807) is 0 Å². The van der Waals surface area contributed by atoms with E-state index >= 15 is 0 Å². The van der Waals surface area contributed by atoms with Crippen LogP contribution in [0.1, 0.15) is 26.1 Å². The normalized spacial score (nSPS) is 28.4. The van der Waals surface area contributed by atoms with Crippen LogP contribution < -0.4 is 0 Å². The number of sulfone groups is 1. The van der Waals surface area contributed by atoms with Gasteiger partial charge in [0.25, 0.3) is 0 Å². The van der Waals surface area contributed by atoms with Crippen molar-refractivity contribution in [3.63, 3.8) is 0 Å². The van der Waals surface area contributed by atoms with Gasteiger partial charge < -0.3 is 0 Å². The third-order valence-electron chi connectivity index (χ3n) is 3.08. The van der Waals surface area contributed by atoms with Gasteiger partial charge in [0.1, 0.15) is 5.82 Å². The molecule has 1 aromatic rings. The van der Waals surface area contributed by atoms with Crippen LogP contribution in [-0.2, 0) is 21.8 Å². The van der Waals surface area contributed by atoms with Crippen LogP contribution in [0.2, 0.25) is 0 Å². The Labute approximate surface area is 99.8 Å². The number of aromatic nitrogens is 3. The Morgan fingerprint density at radius 1 is 1.62 bits per heavy atom. The molecule has 1 unspecified atom stereocenters. The first-order valence-electron chi connectivity index (χ1n) is 5.25. The minimum atomic E-state index is -2.93. The van der Waals surface area contributed by atoms with E-state index in [4.69, 9.17) is 12.2 Å². The summed E-state index contributed by atoms with van der Waals surface area (Å²) >= 11 is 5.17. The van der Waals surface area contributed by atoms with Crippen LogP contribution in [0.3, 0.4) is 0 Å². The molecule has 90 valence electrons.